The Balaban J connectivity index is 1.64. The molecule has 0 N–H and O–H groups in total. The first-order chi connectivity index (χ1) is 12.5. The number of halogens is 1. The first-order valence-electron chi connectivity index (χ1n) is 8.94. The van der Waals surface area contributed by atoms with Gasteiger partial charge in [0, 0.05) is 35.3 Å². The van der Waals surface area contributed by atoms with Crippen LogP contribution in [0.25, 0.3) is 0 Å². The number of hydrogen-bond donors (Lipinski definition) is 0. The third-order valence-corrected chi connectivity index (χ3v) is 6.32. The zero-order valence-electron chi connectivity index (χ0n) is 15.2. The average Bonchev–Trinajstić information content (AvgIpc) is 2.69. The molecule has 0 atom stereocenters. The van der Waals surface area contributed by atoms with E-state index in [1.54, 1.807) is 0 Å². The zero-order valence-corrected chi connectivity index (χ0v) is 17.3. The van der Waals surface area contributed by atoms with Crippen LogP contribution in [0.4, 0.5) is 0 Å². The highest BCUT2D eigenvalue weighted by Gasteiger charge is 2.26. The monoisotopic (exact) mass is 462 g/mol. The predicted molar refractivity (Wildman–Crippen MR) is 112 cm³/mol. The van der Waals surface area contributed by atoms with E-state index in [0.29, 0.717) is 26.2 Å². The highest BCUT2D eigenvalue weighted by atomic mass is 127. The number of aryl methyl sites for hydroxylation is 2. The van der Waals surface area contributed by atoms with Crippen molar-refractivity contribution in [1.82, 2.24) is 9.80 Å². The lowest BCUT2D eigenvalue weighted by Crippen LogP contribution is -2.50. The Morgan fingerprint density at radius 2 is 1.50 bits per heavy atom. The van der Waals surface area contributed by atoms with Crippen molar-refractivity contribution in [2.75, 3.05) is 26.2 Å². The summed E-state index contributed by atoms with van der Waals surface area (Å²) in [5, 5.41) is 0. The minimum atomic E-state index is 0.0462. The molecule has 1 heterocycles. The molecule has 3 rings (SSSR count). The molecule has 5 heteroatoms. The van der Waals surface area contributed by atoms with Gasteiger partial charge >= 0.3 is 0 Å². The van der Waals surface area contributed by atoms with Crippen LogP contribution < -0.4 is 0 Å². The van der Waals surface area contributed by atoms with Crippen molar-refractivity contribution < 1.29 is 9.59 Å². The number of piperazine rings is 1. The number of carbonyl (C=O) groups is 2. The Kier molecular flexibility index (Phi) is 5.96. The van der Waals surface area contributed by atoms with E-state index in [9.17, 15) is 9.59 Å². The molecule has 0 spiro atoms. The van der Waals surface area contributed by atoms with Gasteiger partial charge in [0.15, 0.2) is 0 Å². The Morgan fingerprint density at radius 1 is 0.923 bits per heavy atom. The van der Waals surface area contributed by atoms with Gasteiger partial charge in [-0.2, -0.15) is 0 Å². The number of benzene rings is 2. The molecular weight excluding hydrogens is 439 g/mol. The molecule has 2 aromatic carbocycles. The minimum absolute atomic E-state index is 0.0462. The summed E-state index contributed by atoms with van der Waals surface area (Å²) in [6.07, 6.45) is 0.965. The third kappa shape index (κ3) is 3.92. The van der Waals surface area contributed by atoms with Gasteiger partial charge in [0.1, 0.15) is 0 Å². The highest BCUT2D eigenvalue weighted by molar-refractivity contribution is 14.1. The standard InChI is InChI=1S/C21H23IN2O2/c1-3-16-7-9-17(10-8-16)20(25)23-11-13-24(14-12-23)21(26)18-6-4-5-15(2)19(18)22/h4-10H,3,11-14H2,1-2H3. The molecule has 136 valence electrons. The second kappa shape index (κ2) is 8.20. The maximum Gasteiger partial charge on any atom is 0.255 e. The Hall–Kier alpha value is -1.89. The SMILES string of the molecule is CCc1ccc(C(=O)N2CCN(C(=O)c3cccc(C)c3I)CC2)cc1. The zero-order chi connectivity index (χ0) is 18.7. The molecule has 1 aliphatic heterocycles. The molecule has 0 aliphatic carbocycles. The summed E-state index contributed by atoms with van der Waals surface area (Å²) in [6, 6.07) is 13.6. The third-order valence-electron chi connectivity index (χ3n) is 4.89. The first-order valence-corrected chi connectivity index (χ1v) is 10.0. The van der Waals surface area contributed by atoms with Crippen LogP contribution in [0.15, 0.2) is 42.5 Å². The molecule has 1 saturated heterocycles. The quantitative estimate of drug-likeness (QED) is 0.652. The van der Waals surface area contributed by atoms with E-state index in [-0.39, 0.29) is 11.8 Å². The molecule has 1 fully saturated rings. The molecule has 0 radical (unpaired) electrons. The van der Waals surface area contributed by atoms with Gasteiger partial charge in [0.05, 0.1) is 5.56 Å². The van der Waals surface area contributed by atoms with Gasteiger partial charge in [-0.1, -0.05) is 31.2 Å². The molecule has 4 nitrogen and oxygen atoms in total. The number of nitrogens with zero attached hydrogens (tertiary/aromatic N) is 2. The fraction of sp³-hybridized carbons (Fsp3) is 0.333. The largest absolute Gasteiger partial charge is 0.335 e. The summed E-state index contributed by atoms with van der Waals surface area (Å²) >= 11 is 2.23. The van der Waals surface area contributed by atoms with E-state index in [1.165, 1.54) is 5.56 Å². The predicted octanol–water partition coefficient (Wildman–Crippen LogP) is 3.76. The van der Waals surface area contributed by atoms with Crippen LogP contribution >= 0.6 is 22.6 Å². The van der Waals surface area contributed by atoms with Gasteiger partial charge in [-0.15, -0.1) is 0 Å². The van der Waals surface area contributed by atoms with E-state index in [1.807, 2.05) is 59.2 Å². The van der Waals surface area contributed by atoms with E-state index < -0.39 is 0 Å². The maximum absolute atomic E-state index is 12.8. The number of hydrogen-bond acceptors (Lipinski definition) is 2. The lowest BCUT2D eigenvalue weighted by atomic mass is 10.1. The minimum Gasteiger partial charge on any atom is -0.335 e. The van der Waals surface area contributed by atoms with E-state index >= 15 is 0 Å². The summed E-state index contributed by atoms with van der Waals surface area (Å²) in [7, 11) is 0. The lowest BCUT2D eigenvalue weighted by Gasteiger charge is -2.35. The van der Waals surface area contributed by atoms with Crippen LogP contribution in [0.5, 0.6) is 0 Å². The van der Waals surface area contributed by atoms with Crippen molar-refractivity contribution in [3.8, 4) is 0 Å². The molecule has 0 saturated carbocycles. The van der Waals surface area contributed by atoms with Crippen LogP contribution in [0.2, 0.25) is 0 Å². The number of amides is 2. The van der Waals surface area contributed by atoms with Crippen molar-refractivity contribution in [2.24, 2.45) is 0 Å². The van der Waals surface area contributed by atoms with Gasteiger partial charge in [-0.05, 0) is 65.3 Å². The van der Waals surface area contributed by atoms with E-state index in [0.717, 1.165) is 26.7 Å². The van der Waals surface area contributed by atoms with Crippen LogP contribution in [-0.4, -0.2) is 47.8 Å². The Bertz CT molecular complexity index is 809. The molecule has 2 amide bonds. The molecule has 26 heavy (non-hydrogen) atoms. The summed E-state index contributed by atoms with van der Waals surface area (Å²) in [5.74, 6) is 0.0994. The van der Waals surface area contributed by atoms with Gasteiger partial charge in [0.25, 0.3) is 11.8 Å². The first kappa shape index (κ1) is 18.9. The molecule has 0 aromatic heterocycles. The van der Waals surface area contributed by atoms with Gasteiger partial charge < -0.3 is 9.80 Å². The van der Waals surface area contributed by atoms with E-state index in [4.69, 9.17) is 0 Å². The topological polar surface area (TPSA) is 40.6 Å². The maximum atomic E-state index is 12.8. The number of carbonyl (C=O) groups excluding carboxylic acids is 2. The van der Waals surface area contributed by atoms with Crippen molar-refractivity contribution in [3.05, 3.63) is 68.3 Å². The number of rotatable bonds is 3. The highest BCUT2D eigenvalue weighted by Crippen LogP contribution is 2.19. The molecule has 2 aromatic rings. The summed E-state index contributed by atoms with van der Waals surface area (Å²) in [4.78, 5) is 29.2. The van der Waals surface area contributed by atoms with E-state index in [2.05, 4.69) is 29.5 Å². The summed E-state index contributed by atoms with van der Waals surface area (Å²) in [5.41, 5.74) is 3.81. The van der Waals surface area contributed by atoms with Crippen molar-refractivity contribution in [1.29, 1.82) is 0 Å². The molecular formula is C21H23IN2O2. The second-order valence-electron chi connectivity index (χ2n) is 6.57. The lowest BCUT2D eigenvalue weighted by molar-refractivity contribution is 0.0535. The smallest absolute Gasteiger partial charge is 0.255 e. The van der Waals surface area contributed by atoms with Gasteiger partial charge in [0.2, 0.25) is 0 Å². The normalized spacial score (nSPS) is 14.4. The Labute approximate surface area is 168 Å². The molecule has 1 aliphatic rings. The second-order valence-corrected chi connectivity index (χ2v) is 7.65. The summed E-state index contributed by atoms with van der Waals surface area (Å²) < 4.78 is 1.00. The Morgan fingerprint density at radius 3 is 2.08 bits per heavy atom. The summed E-state index contributed by atoms with van der Waals surface area (Å²) in [6.45, 7) is 6.40. The van der Waals surface area contributed by atoms with Crippen LogP contribution in [0.3, 0.4) is 0 Å². The van der Waals surface area contributed by atoms with Crippen molar-refractivity contribution in [3.63, 3.8) is 0 Å². The molecule has 0 bridgehead atoms. The van der Waals surface area contributed by atoms with Gasteiger partial charge in [-0.3, -0.25) is 9.59 Å². The van der Waals surface area contributed by atoms with Crippen LogP contribution in [0.1, 0.15) is 38.8 Å². The fourth-order valence-electron chi connectivity index (χ4n) is 3.16. The van der Waals surface area contributed by atoms with Gasteiger partial charge in [-0.25, -0.2) is 0 Å². The van der Waals surface area contributed by atoms with Crippen LogP contribution in [0, 0.1) is 10.5 Å². The average molecular weight is 462 g/mol. The van der Waals surface area contributed by atoms with Crippen LogP contribution in [-0.2, 0) is 6.42 Å². The fourth-order valence-corrected chi connectivity index (χ4v) is 3.75. The van der Waals surface area contributed by atoms with Crippen molar-refractivity contribution >= 4 is 34.4 Å². The van der Waals surface area contributed by atoms with Crippen molar-refractivity contribution in [2.45, 2.75) is 20.3 Å². The molecule has 0 unspecified atom stereocenters.